The first-order valence-electron chi connectivity index (χ1n) is 7.05. The number of nitro groups is 1. The fourth-order valence-corrected chi connectivity index (χ4v) is 1.89. The van der Waals surface area contributed by atoms with Crippen LogP contribution < -0.4 is 10.6 Å². The molecule has 0 unspecified atom stereocenters. The monoisotopic (exact) mass is 302 g/mol. The maximum absolute atomic E-state index is 11.4. The van der Waals surface area contributed by atoms with Gasteiger partial charge in [-0.15, -0.1) is 0 Å². The van der Waals surface area contributed by atoms with Crippen LogP contribution in [0.3, 0.4) is 0 Å². The van der Waals surface area contributed by atoms with Crippen LogP contribution in [-0.2, 0) is 0 Å². The SMILES string of the molecule is CCCCNc1ncnc(Nc2cccc(C)n2)c1[N+](=O)[O-]. The van der Waals surface area contributed by atoms with Gasteiger partial charge >= 0.3 is 5.69 Å². The van der Waals surface area contributed by atoms with Crippen molar-refractivity contribution in [1.29, 1.82) is 0 Å². The van der Waals surface area contributed by atoms with Crippen LogP contribution in [0.25, 0.3) is 0 Å². The van der Waals surface area contributed by atoms with Crippen LogP contribution in [0.4, 0.5) is 23.1 Å². The van der Waals surface area contributed by atoms with Gasteiger partial charge < -0.3 is 10.6 Å². The highest BCUT2D eigenvalue weighted by atomic mass is 16.6. The fourth-order valence-electron chi connectivity index (χ4n) is 1.89. The lowest BCUT2D eigenvalue weighted by molar-refractivity contribution is -0.383. The van der Waals surface area contributed by atoms with Crippen molar-refractivity contribution in [3.63, 3.8) is 0 Å². The molecule has 2 aromatic heterocycles. The first-order valence-corrected chi connectivity index (χ1v) is 7.05. The van der Waals surface area contributed by atoms with E-state index in [1.54, 1.807) is 6.07 Å². The zero-order valence-corrected chi connectivity index (χ0v) is 12.5. The van der Waals surface area contributed by atoms with E-state index >= 15 is 0 Å². The van der Waals surface area contributed by atoms with Crippen molar-refractivity contribution >= 4 is 23.1 Å². The van der Waals surface area contributed by atoms with E-state index < -0.39 is 4.92 Å². The Morgan fingerprint density at radius 2 is 2.05 bits per heavy atom. The first kappa shape index (κ1) is 15.6. The van der Waals surface area contributed by atoms with Gasteiger partial charge in [0.05, 0.1) is 4.92 Å². The standard InChI is InChI=1S/C14H18N6O2/c1-3-4-8-15-13-12(20(21)22)14(17-9-16-13)19-11-7-5-6-10(2)18-11/h5-7,9H,3-4,8H2,1-2H3,(H2,15,16,17,18,19). The molecule has 2 aromatic rings. The van der Waals surface area contributed by atoms with Crippen molar-refractivity contribution in [2.75, 3.05) is 17.2 Å². The highest BCUT2D eigenvalue weighted by Crippen LogP contribution is 2.30. The van der Waals surface area contributed by atoms with Gasteiger partial charge in [0.25, 0.3) is 0 Å². The molecule has 2 N–H and O–H groups in total. The second-order valence-corrected chi connectivity index (χ2v) is 4.75. The molecule has 0 aliphatic rings. The molecule has 8 nitrogen and oxygen atoms in total. The summed E-state index contributed by atoms with van der Waals surface area (Å²) in [5.74, 6) is 0.835. The first-order chi connectivity index (χ1) is 10.6. The maximum atomic E-state index is 11.4. The lowest BCUT2D eigenvalue weighted by Crippen LogP contribution is -2.09. The van der Waals surface area contributed by atoms with E-state index in [9.17, 15) is 10.1 Å². The van der Waals surface area contributed by atoms with Gasteiger partial charge in [0.1, 0.15) is 12.1 Å². The summed E-state index contributed by atoms with van der Waals surface area (Å²) in [4.78, 5) is 23.1. The van der Waals surface area contributed by atoms with Gasteiger partial charge in [0.15, 0.2) is 0 Å². The number of anilines is 3. The Bertz CT molecular complexity index is 662. The number of unbranched alkanes of at least 4 members (excludes halogenated alkanes) is 1. The summed E-state index contributed by atoms with van der Waals surface area (Å²) >= 11 is 0. The molecule has 0 aliphatic heterocycles. The minimum absolute atomic E-state index is 0.122. The molecule has 0 aliphatic carbocycles. The molecular formula is C14H18N6O2. The Labute approximate surface area is 128 Å². The van der Waals surface area contributed by atoms with E-state index in [0.717, 1.165) is 18.5 Å². The summed E-state index contributed by atoms with van der Waals surface area (Å²) in [6.07, 6.45) is 3.19. The largest absolute Gasteiger partial charge is 0.364 e. The average Bonchev–Trinajstić information content (AvgIpc) is 2.47. The van der Waals surface area contributed by atoms with Crippen molar-refractivity contribution in [2.24, 2.45) is 0 Å². The second-order valence-electron chi connectivity index (χ2n) is 4.75. The molecule has 0 spiro atoms. The van der Waals surface area contributed by atoms with Crippen LogP contribution in [0, 0.1) is 17.0 Å². The van der Waals surface area contributed by atoms with Gasteiger partial charge in [-0.05, 0) is 25.5 Å². The number of rotatable bonds is 7. The maximum Gasteiger partial charge on any atom is 0.353 e. The number of aryl methyl sites for hydroxylation is 1. The van der Waals surface area contributed by atoms with E-state index in [1.807, 2.05) is 26.0 Å². The number of hydrogen-bond acceptors (Lipinski definition) is 7. The molecule has 2 rings (SSSR count). The normalized spacial score (nSPS) is 10.3. The molecule has 22 heavy (non-hydrogen) atoms. The van der Waals surface area contributed by atoms with Gasteiger partial charge in [-0.25, -0.2) is 15.0 Å². The van der Waals surface area contributed by atoms with Crippen molar-refractivity contribution < 1.29 is 4.92 Å². The fraction of sp³-hybridized carbons (Fsp3) is 0.357. The van der Waals surface area contributed by atoms with Crippen LogP contribution in [0.1, 0.15) is 25.5 Å². The molecule has 116 valence electrons. The van der Waals surface area contributed by atoms with E-state index in [4.69, 9.17) is 0 Å². The third-order valence-electron chi connectivity index (χ3n) is 2.96. The van der Waals surface area contributed by atoms with Gasteiger partial charge in [0.2, 0.25) is 11.6 Å². The minimum Gasteiger partial charge on any atom is -0.364 e. The van der Waals surface area contributed by atoms with Gasteiger partial charge in [-0.2, -0.15) is 0 Å². The summed E-state index contributed by atoms with van der Waals surface area (Å²) in [5.41, 5.74) is 0.630. The van der Waals surface area contributed by atoms with Crippen LogP contribution in [0.2, 0.25) is 0 Å². The van der Waals surface area contributed by atoms with E-state index in [2.05, 4.69) is 25.6 Å². The van der Waals surface area contributed by atoms with Crippen molar-refractivity contribution in [2.45, 2.75) is 26.7 Å². The minimum atomic E-state index is -0.494. The Morgan fingerprint density at radius 1 is 1.27 bits per heavy atom. The molecule has 0 aromatic carbocycles. The lowest BCUT2D eigenvalue weighted by atomic mass is 10.3. The topological polar surface area (TPSA) is 106 Å². The summed E-state index contributed by atoms with van der Waals surface area (Å²) in [5, 5.41) is 17.2. The lowest BCUT2D eigenvalue weighted by Gasteiger charge is -2.09. The van der Waals surface area contributed by atoms with Crippen LogP contribution >= 0.6 is 0 Å². The molecule has 0 atom stereocenters. The summed E-state index contributed by atoms with van der Waals surface area (Å²) in [6, 6.07) is 5.39. The molecule has 0 amide bonds. The third-order valence-corrected chi connectivity index (χ3v) is 2.96. The molecule has 0 fully saturated rings. The van der Waals surface area contributed by atoms with Crippen molar-refractivity contribution in [3.05, 3.63) is 40.3 Å². The number of nitrogens with zero attached hydrogens (tertiary/aromatic N) is 4. The summed E-state index contributed by atoms with van der Waals surface area (Å²) < 4.78 is 0. The number of pyridine rings is 1. The smallest absolute Gasteiger partial charge is 0.353 e. The number of hydrogen-bond donors (Lipinski definition) is 2. The molecule has 0 bridgehead atoms. The third kappa shape index (κ3) is 3.87. The Balaban J connectivity index is 2.30. The summed E-state index contributed by atoms with van der Waals surface area (Å²) in [6.45, 7) is 4.51. The molecular weight excluding hydrogens is 284 g/mol. The molecule has 0 saturated heterocycles. The average molecular weight is 302 g/mol. The second kappa shape index (κ2) is 7.30. The van der Waals surface area contributed by atoms with Gasteiger partial charge in [0, 0.05) is 12.2 Å². The highest BCUT2D eigenvalue weighted by molar-refractivity contribution is 5.72. The molecule has 0 saturated carbocycles. The van der Waals surface area contributed by atoms with Gasteiger partial charge in [-0.3, -0.25) is 10.1 Å². The van der Waals surface area contributed by atoms with Crippen molar-refractivity contribution in [1.82, 2.24) is 15.0 Å². The van der Waals surface area contributed by atoms with Crippen LogP contribution in [0.15, 0.2) is 24.5 Å². The summed E-state index contributed by atoms with van der Waals surface area (Å²) in [7, 11) is 0. The molecule has 8 heteroatoms. The number of nitrogens with one attached hydrogen (secondary N) is 2. The van der Waals surface area contributed by atoms with Crippen LogP contribution in [0.5, 0.6) is 0 Å². The Hall–Kier alpha value is -2.77. The number of aromatic nitrogens is 3. The van der Waals surface area contributed by atoms with E-state index in [0.29, 0.717) is 12.4 Å². The van der Waals surface area contributed by atoms with Gasteiger partial charge in [-0.1, -0.05) is 19.4 Å². The van der Waals surface area contributed by atoms with Crippen molar-refractivity contribution in [3.8, 4) is 0 Å². The zero-order valence-electron chi connectivity index (χ0n) is 12.5. The quantitative estimate of drug-likeness (QED) is 0.460. The Kier molecular flexibility index (Phi) is 5.18. The highest BCUT2D eigenvalue weighted by Gasteiger charge is 2.23. The molecule has 0 radical (unpaired) electrons. The zero-order chi connectivity index (χ0) is 15.9. The Morgan fingerprint density at radius 3 is 2.73 bits per heavy atom. The van der Waals surface area contributed by atoms with Crippen LogP contribution in [-0.4, -0.2) is 26.4 Å². The van der Waals surface area contributed by atoms with E-state index in [1.165, 1.54) is 6.33 Å². The molecule has 2 heterocycles. The predicted octanol–water partition coefficient (Wildman–Crippen LogP) is 3.04. The van der Waals surface area contributed by atoms with E-state index in [-0.39, 0.29) is 17.3 Å². The predicted molar refractivity (Wildman–Crippen MR) is 84.3 cm³/mol.